The zero-order chi connectivity index (χ0) is 12.4. The van der Waals surface area contributed by atoms with E-state index >= 15 is 0 Å². The molecule has 1 fully saturated rings. The third kappa shape index (κ3) is 3.01. The molecule has 1 saturated carbocycles. The van der Waals surface area contributed by atoms with Crippen molar-refractivity contribution in [3.8, 4) is 0 Å². The van der Waals surface area contributed by atoms with Crippen molar-refractivity contribution in [3.05, 3.63) is 17.3 Å². The highest BCUT2D eigenvalue weighted by Gasteiger charge is 2.27. The average molecular weight is 274 g/mol. The molecule has 1 amide bonds. The maximum absolute atomic E-state index is 11.2. The van der Waals surface area contributed by atoms with E-state index in [0.29, 0.717) is 16.8 Å². The van der Waals surface area contributed by atoms with Gasteiger partial charge in [0, 0.05) is 19.2 Å². The van der Waals surface area contributed by atoms with Crippen molar-refractivity contribution >= 4 is 40.6 Å². The molecule has 0 atom stereocenters. The van der Waals surface area contributed by atoms with Gasteiger partial charge in [-0.1, -0.05) is 11.6 Å². The van der Waals surface area contributed by atoms with Crippen molar-refractivity contribution in [3.63, 3.8) is 0 Å². The van der Waals surface area contributed by atoms with Gasteiger partial charge in [0.05, 0.1) is 16.9 Å². The number of carbonyl (C=O) groups is 1. The van der Waals surface area contributed by atoms with Crippen molar-refractivity contribution in [2.45, 2.75) is 18.9 Å². The number of aromatic nitrogens is 1. The fourth-order valence-electron chi connectivity index (χ4n) is 1.55. The molecule has 1 N–H and O–H groups in total. The van der Waals surface area contributed by atoms with Gasteiger partial charge in [0.15, 0.2) is 0 Å². The number of nitrogens with one attached hydrogen (secondary N) is 1. The lowest BCUT2D eigenvalue weighted by molar-refractivity contribution is -0.113. The molecule has 92 valence electrons. The topological polar surface area (TPSA) is 45.2 Å². The summed E-state index contributed by atoms with van der Waals surface area (Å²) in [5.41, 5.74) is 0.551. The number of alkyl halides is 1. The van der Waals surface area contributed by atoms with Gasteiger partial charge < -0.3 is 10.2 Å². The van der Waals surface area contributed by atoms with Gasteiger partial charge in [0.1, 0.15) is 11.7 Å². The first-order valence-electron chi connectivity index (χ1n) is 5.36. The molecular weight excluding hydrogens is 261 g/mol. The number of amides is 1. The first kappa shape index (κ1) is 12.5. The zero-order valence-electron chi connectivity index (χ0n) is 9.41. The third-order valence-corrected chi connectivity index (χ3v) is 3.24. The normalized spacial score (nSPS) is 14.5. The lowest BCUT2D eigenvalue weighted by Crippen LogP contribution is -2.21. The fraction of sp³-hybridized carbons (Fsp3) is 0.455. The van der Waals surface area contributed by atoms with Gasteiger partial charge in [-0.25, -0.2) is 4.98 Å². The van der Waals surface area contributed by atoms with Crippen LogP contribution in [0.15, 0.2) is 12.3 Å². The zero-order valence-corrected chi connectivity index (χ0v) is 10.9. The Bertz CT molecular complexity index is 435. The second kappa shape index (κ2) is 5.10. The molecule has 1 aliphatic rings. The molecule has 1 aliphatic carbocycles. The highest BCUT2D eigenvalue weighted by atomic mass is 35.5. The summed E-state index contributed by atoms with van der Waals surface area (Å²) in [6.45, 7) is 0. The van der Waals surface area contributed by atoms with Crippen LogP contribution in [0.2, 0.25) is 5.02 Å². The fourth-order valence-corrected chi connectivity index (χ4v) is 1.77. The Morgan fingerprint density at radius 1 is 1.65 bits per heavy atom. The Morgan fingerprint density at radius 3 is 2.94 bits per heavy atom. The molecule has 0 bridgehead atoms. The summed E-state index contributed by atoms with van der Waals surface area (Å²) in [6.07, 6.45) is 3.91. The van der Waals surface area contributed by atoms with Gasteiger partial charge in [-0.05, 0) is 12.8 Å². The molecule has 0 radical (unpaired) electrons. The molecule has 4 nitrogen and oxygen atoms in total. The lowest BCUT2D eigenvalue weighted by atomic mass is 10.3. The van der Waals surface area contributed by atoms with Crippen LogP contribution in [0.3, 0.4) is 0 Å². The van der Waals surface area contributed by atoms with Gasteiger partial charge in [0.25, 0.3) is 0 Å². The van der Waals surface area contributed by atoms with Gasteiger partial charge in [-0.3, -0.25) is 4.79 Å². The van der Waals surface area contributed by atoms with Crippen molar-refractivity contribution in [2.75, 3.05) is 23.1 Å². The van der Waals surface area contributed by atoms with Crippen LogP contribution in [0.5, 0.6) is 0 Å². The highest BCUT2D eigenvalue weighted by Crippen LogP contribution is 2.32. The molecule has 17 heavy (non-hydrogen) atoms. The summed E-state index contributed by atoms with van der Waals surface area (Å²) < 4.78 is 0. The van der Waals surface area contributed by atoms with E-state index in [4.69, 9.17) is 23.2 Å². The minimum atomic E-state index is -0.278. The van der Waals surface area contributed by atoms with Crippen LogP contribution in [0.1, 0.15) is 12.8 Å². The number of pyridine rings is 1. The maximum atomic E-state index is 11.2. The lowest BCUT2D eigenvalue weighted by Gasteiger charge is -2.18. The quantitative estimate of drug-likeness (QED) is 0.858. The Hall–Kier alpha value is -1.00. The maximum Gasteiger partial charge on any atom is 0.239 e. The summed E-state index contributed by atoms with van der Waals surface area (Å²) in [6, 6.07) is 2.32. The van der Waals surface area contributed by atoms with Crippen LogP contribution in [0, 0.1) is 0 Å². The third-order valence-electron chi connectivity index (χ3n) is 2.69. The van der Waals surface area contributed by atoms with E-state index in [1.807, 2.05) is 7.05 Å². The van der Waals surface area contributed by atoms with Crippen LogP contribution in [0.4, 0.5) is 11.5 Å². The minimum absolute atomic E-state index is 0.0908. The first-order chi connectivity index (χ1) is 8.11. The Labute approximate surface area is 110 Å². The van der Waals surface area contributed by atoms with Crippen molar-refractivity contribution in [1.29, 1.82) is 0 Å². The summed E-state index contributed by atoms with van der Waals surface area (Å²) in [5.74, 6) is 0.438. The van der Waals surface area contributed by atoms with Crippen molar-refractivity contribution < 1.29 is 4.79 Å². The molecule has 1 aromatic heterocycles. The van der Waals surface area contributed by atoms with Crippen molar-refractivity contribution in [1.82, 2.24) is 4.98 Å². The number of halogens is 2. The minimum Gasteiger partial charge on any atom is -0.357 e. The van der Waals surface area contributed by atoms with Gasteiger partial charge in [-0.15, -0.1) is 11.6 Å². The van der Waals surface area contributed by atoms with Crippen LogP contribution >= 0.6 is 23.2 Å². The standard InChI is InChI=1S/C11H13Cl2N3O/c1-16(7-2-3-7)10-4-9(8(13)6-14-10)15-11(17)5-12/h4,6-7H,2-3,5H2,1H3,(H,14,15,17). The van der Waals surface area contributed by atoms with Gasteiger partial charge in [-0.2, -0.15) is 0 Å². The number of anilines is 2. The monoisotopic (exact) mass is 273 g/mol. The molecular formula is C11H13Cl2N3O. The molecule has 1 aromatic rings. The second-order valence-electron chi connectivity index (χ2n) is 4.05. The summed E-state index contributed by atoms with van der Waals surface area (Å²) >= 11 is 11.4. The molecule has 0 aliphatic heterocycles. The number of hydrogen-bond acceptors (Lipinski definition) is 3. The molecule has 0 spiro atoms. The average Bonchev–Trinajstić information content (AvgIpc) is 3.15. The van der Waals surface area contributed by atoms with Crippen LogP contribution in [0.25, 0.3) is 0 Å². The van der Waals surface area contributed by atoms with E-state index in [1.54, 1.807) is 12.3 Å². The molecule has 2 rings (SSSR count). The van der Waals surface area contributed by atoms with E-state index < -0.39 is 0 Å². The van der Waals surface area contributed by atoms with E-state index in [-0.39, 0.29) is 11.8 Å². The Kier molecular flexibility index (Phi) is 3.74. The summed E-state index contributed by atoms with van der Waals surface area (Å²) in [5, 5.41) is 3.06. The molecule has 0 aromatic carbocycles. The van der Waals surface area contributed by atoms with Crippen LogP contribution in [-0.4, -0.2) is 29.9 Å². The Balaban J connectivity index is 2.19. The van der Waals surface area contributed by atoms with E-state index in [1.165, 1.54) is 12.8 Å². The predicted octanol–water partition coefficient (Wildman–Crippen LogP) is 2.51. The molecule has 0 saturated heterocycles. The highest BCUT2D eigenvalue weighted by molar-refractivity contribution is 6.34. The number of carbonyl (C=O) groups excluding carboxylic acids is 1. The first-order valence-corrected chi connectivity index (χ1v) is 6.27. The Morgan fingerprint density at radius 2 is 2.35 bits per heavy atom. The summed E-state index contributed by atoms with van der Waals surface area (Å²) in [4.78, 5) is 17.6. The van der Waals surface area contributed by atoms with E-state index in [2.05, 4.69) is 15.2 Å². The number of nitrogens with zero attached hydrogens (tertiary/aromatic N) is 2. The van der Waals surface area contributed by atoms with Gasteiger partial charge in [0.2, 0.25) is 5.91 Å². The van der Waals surface area contributed by atoms with Crippen LogP contribution < -0.4 is 10.2 Å². The van der Waals surface area contributed by atoms with E-state index in [9.17, 15) is 4.79 Å². The summed E-state index contributed by atoms with van der Waals surface area (Å²) in [7, 11) is 1.99. The molecule has 1 heterocycles. The number of hydrogen-bond donors (Lipinski definition) is 1. The van der Waals surface area contributed by atoms with E-state index in [0.717, 1.165) is 5.82 Å². The number of rotatable bonds is 4. The van der Waals surface area contributed by atoms with Crippen LogP contribution in [-0.2, 0) is 4.79 Å². The molecule has 0 unspecified atom stereocenters. The van der Waals surface area contributed by atoms with Gasteiger partial charge >= 0.3 is 0 Å². The second-order valence-corrected chi connectivity index (χ2v) is 4.72. The predicted molar refractivity (Wildman–Crippen MR) is 70.0 cm³/mol. The SMILES string of the molecule is CN(c1cc(NC(=O)CCl)c(Cl)cn1)C1CC1. The van der Waals surface area contributed by atoms with Crippen molar-refractivity contribution in [2.24, 2.45) is 0 Å². The molecule has 6 heteroatoms. The smallest absolute Gasteiger partial charge is 0.239 e. The largest absolute Gasteiger partial charge is 0.357 e.